The Morgan fingerprint density at radius 3 is 2.62 bits per heavy atom. The third kappa shape index (κ3) is 3.16. The van der Waals surface area contributed by atoms with Gasteiger partial charge in [0.15, 0.2) is 0 Å². The number of carboxylic acid groups (broad SMARTS) is 1. The molecule has 3 atom stereocenters. The minimum atomic E-state index is -1.28. The molecule has 1 aliphatic heterocycles. The molecule has 1 amide bonds. The van der Waals surface area contributed by atoms with Crippen LogP contribution in [0.15, 0.2) is 0 Å². The van der Waals surface area contributed by atoms with Gasteiger partial charge in [0.1, 0.15) is 12.1 Å². The van der Waals surface area contributed by atoms with Gasteiger partial charge in [0.2, 0.25) is 5.91 Å². The van der Waals surface area contributed by atoms with Gasteiger partial charge in [-0.25, -0.2) is 4.79 Å². The Kier molecular flexibility index (Phi) is 4.66. The molecule has 1 fully saturated rings. The van der Waals surface area contributed by atoms with Crippen LogP contribution in [-0.4, -0.2) is 53.5 Å². The van der Waals surface area contributed by atoms with E-state index < -0.39 is 30.6 Å². The molecule has 0 spiro atoms. The summed E-state index contributed by atoms with van der Waals surface area (Å²) >= 11 is 0. The molecule has 0 aromatic rings. The number of ether oxygens (including phenoxy) is 1. The van der Waals surface area contributed by atoms with Gasteiger partial charge in [0.05, 0.1) is 12.7 Å². The molecule has 0 aromatic heterocycles. The number of hydrogen-bond donors (Lipinski definition) is 4. The van der Waals surface area contributed by atoms with Crippen molar-refractivity contribution in [1.29, 1.82) is 0 Å². The summed E-state index contributed by atoms with van der Waals surface area (Å²) in [4.78, 5) is 22.1. The number of aliphatic carboxylic acids is 1. The lowest BCUT2D eigenvalue weighted by Crippen LogP contribution is -2.47. The Balaban J connectivity index is 2.43. The van der Waals surface area contributed by atoms with Crippen molar-refractivity contribution in [1.82, 2.24) is 5.32 Å². The summed E-state index contributed by atoms with van der Waals surface area (Å²) < 4.78 is 5.29. The molecule has 5 N–H and O–H groups in total. The number of nitrogens with one attached hydrogen (secondary N) is 1. The van der Waals surface area contributed by atoms with Crippen molar-refractivity contribution in [2.75, 3.05) is 13.2 Å². The lowest BCUT2D eigenvalue weighted by molar-refractivity contribution is -0.145. The summed E-state index contributed by atoms with van der Waals surface area (Å²) in [5.74, 6) is -1.79. The second kappa shape index (κ2) is 5.78. The number of carbonyl (C=O) groups excluding carboxylic acids is 1. The van der Waals surface area contributed by atoms with E-state index in [4.69, 9.17) is 20.7 Å². The summed E-state index contributed by atoms with van der Waals surface area (Å²) in [5.41, 5.74) is 5.38. The highest BCUT2D eigenvalue weighted by Gasteiger charge is 2.32. The third-order valence-corrected chi connectivity index (χ3v) is 2.46. The van der Waals surface area contributed by atoms with E-state index in [1.54, 1.807) is 0 Å². The van der Waals surface area contributed by atoms with E-state index in [9.17, 15) is 9.59 Å². The van der Waals surface area contributed by atoms with Gasteiger partial charge in [-0.1, -0.05) is 0 Å². The highest BCUT2D eigenvalue weighted by molar-refractivity contribution is 5.86. The zero-order valence-corrected chi connectivity index (χ0v) is 8.76. The molecule has 0 aromatic carbocycles. The smallest absolute Gasteiger partial charge is 0.328 e. The van der Waals surface area contributed by atoms with Crippen LogP contribution in [0, 0.1) is 0 Å². The van der Waals surface area contributed by atoms with E-state index in [0.29, 0.717) is 19.4 Å². The van der Waals surface area contributed by atoms with Gasteiger partial charge in [-0.3, -0.25) is 4.79 Å². The highest BCUT2D eigenvalue weighted by Crippen LogP contribution is 2.18. The van der Waals surface area contributed by atoms with E-state index in [-0.39, 0.29) is 6.10 Å². The third-order valence-electron chi connectivity index (χ3n) is 2.46. The lowest BCUT2D eigenvalue weighted by atomic mass is 10.2. The fraction of sp³-hybridized carbons (Fsp3) is 0.778. The predicted molar refractivity (Wildman–Crippen MR) is 53.6 cm³/mol. The van der Waals surface area contributed by atoms with Gasteiger partial charge in [-0.15, -0.1) is 0 Å². The normalized spacial score (nSPS) is 26.4. The summed E-state index contributed by atoms with van der Waals surface area (Å²) in [5, 5.41) is 19.6. The Morgan fingerprint density at radius 2 is 2.19 bits per heavy atom. The second-order valence-electron chi connectivity index (χ2n) is 3.64. The molecular weight excluding hydrogens is 216 g/mol. The maximum atomic E-state index is 11.5. The van der Waals surface area contributed by atoms with E-state index in [0.717, 1.165) is 0 Å². The first-order valence-corrected chi connectivity index (χ1v) is 5.08. The Hall–Kier alpha value is -1.18. The van der Waals surface area contributed by atoms with Crippen LogP contribution in [0.4, 0.5) is 0 Å². The molecule has 1 aliphatic rings. The number of carboxylic acids is 1. The van der Waals surface area contributed by atoms with Gasteiger partial charge in [-0.05, 0) is 12.8 Å². The highest BCUT2D eigenvalue weighted by atomic mass is 16.5. The van der Waals surface area contributed by atoms with E-state index >= 15 is 0 Å². The first-order valence-electron chi connectivity index (χ1n) is 5.08. The average Bonchev–Trinajstić information content (AvgIpc) is 2.73. The zero-order valence-electron chi connectivity index (χ0n) is 8.76. The van der Waals surface area contributed by atoms with Crippen LogP contribution in [0.5, 0.6) is 0 Å². The summed E-state index contributed by atoms with van der Waals surface area (Å²) in [6.45, 7) is -0.305. The van der Waals surface area contributed by atoms with Crippen molar-refractivity contribution in [3.05, 3.63) is 0 Å². The van der Waals surface area contributed by atoms with Crippen LogP contribution >= 0.6 is 0 Å². The van der Waals surface area contributed by atoms with Gasteiger partial charge in [0, 0.05) is 6.54 Å². The van der Waals surface area contributed by atoms with Crippen molar-refractivity contribution < 1.29 is 24.5 Å². The van der Waals surface area contributed by atoms with Crippen molar-refractivity contribution in [3.8, 4) is 0 Å². The summed E-state index contributed by atoms with van der Waals surface area (Å²) in [6, 6.07) is -1.28. The van der Waals surface area contributed by atoms with Crippen LogP contribution in [0.25, 0.3) is 0 Å². The first-order chi connectivity index (χ1) is 7.58. The molecule has 3 unspecified atom stereocenters. The van der Waals surface area contributed by atoms with E-state index in [2.05, 4.69) is 5.32 Å². The number of carbonyl (C=O) groups is 2. The predicted octanol–water partition coefficient (Wildman–Crippen LogP) is -1.95. The molecule has 16 heavy (non-hydrogen) atoms. The lowest BCUT2D eigenvalue weighted by Gasteiger charge is -2.16. The number of aliphatic hydroxyl groups excluding tert-OH is 1. The Morgan fingerprint density at radius 1 is 1.50 bits per heavy atom. The van der Waals surface area contributed by atoms with Crippen molar-refractivity contribution in [3.63, 3.8) is 0 Å². The number of amides is 1. The second-order valence-corrected chi connectivity index (χ2v) is 3.64. The summed E-state index contributed by atoms with van der Waals surface area (Å²) in [7, 11) is 0. The Labute approximate surface area is 92.6 Å². The minimum Gasteiger partial charge on any atom is -0.480 e. The van der Waals surface area contributed by atoms with E-state index in [1.807, 2.05) is 0 Å². The maximum Gasteiger partial charge on any atom is 0.328 e. The topological polar surface area (TPSA) is 122 Å². The molecule has 1 heterocycles. The molecular formula is C9H16N2O5. The van der Waals surface area contributed by atoms with Crippen molar-refractivity contribution in [2.24, 2.45) is 5.73 Å². The molecule has 0 aliphatic carbocycles. The number of aliphatic hydroxyl groups is 1. The van der Waals surface area contributed by atoms with Crippen molar-refractivity contribution >= 4 is 11.9 Å². The molecule has 1 rings (SSSR count). The maximum absolute atomic E-state index is 11.5. The Bertz CT molecular complexity index is 271. The average molecular weight is 232 g/mol. The van der Waals surface area contributed by atoms with Crippen LogP contribution in [-0.2, 0) is 14.3 Å². The van der Waals surface area contributed by atoms with Gasteiger partial charge in [-0.2, -0.15) is 0 Å². The molecule has 0 radical (unpaired) electrons. The first kappa shape index (κ1) is 12.9. The molecule has 7 nitrogen and oxygen atoms in total. The van der Waals surface area contributed by atoms with Crippen LogP contribution in [0.1, 0.15) is 12.8 Å². The largest absolute Gasteiger partial charge is 0.480 e. The number of rotatable bonds is 5. The monoisotopic (exact) mass is 232 g/mol. The van der Waals surface area contributed by atoms with Gasteiger partial charge < -0.3 is 26.0 Å². The van der Waals surface area contributed by atoms with Crippen LogP contribution < -0.4 is 11.1 Å². The number of nitrogens with two attached hydrogens (primary N) is 1. The van der Waals surface area contributed by atoms with Crippen molar-refractivity contribution in [2.45, 2.75) is 31.1 Å². The zero-order chi connectivity index (χ0) is 12.1. The molecule has 7 heteroatoms. The molecule has 0 saturated carbocycles. The van der Waals surface area contributed by atoms with Gasteiger partial charge in [0.25, 0.3) is 0 Å². The quantitative estimate of drug-likeness (QED) is 0.437. The van der Waals surface area contributed by atoms with E-state index in [1.165, 1.54) is 0 Å². The number of hydrogen-bond acceptors (Lipinski definition) is 5. The minimum absolute atomic E-state index is 0.145. The van der Waals surface area contributed by atoms with Gasteiger partial charge >= 0.3 is 5.97 Å². The standard InChI is InChI=1S/C9H16N2O5/c10-3-5-1-2-7(16-5)8(13)11-6(4-12)9(14)15/h5-7,12H,1-4,10H2,(H,11,13)(H,14,15). The fourth-order valence-electron chi connectivity index (χ4n) is 1.52. The van der Waals surface area contributed by atoms with Crippen LogP contribution in [0.3, 0.4) is 0 Å². The van der Waals surface area contributed by atoms with Crippen LogP contribution in [0.2, 0.25) is 0 Å². The summed E-state index contributed by atoms with van der Waals surface area (Å²) in [6.07, 6.45) is 0.395. The SMILES string of the molecule is NCC1CCC(C(=O)NC(CO)C(=O)O)O1. The molecule has 0 bridgehead atoms. The molecule has 92 valence electrons. The molecule has 1 saturated heterocycles. The fourth-order valence-corrected chi connectivity index (χ4v) is 1.52.